The zero-order valence-corrected chi connectivity index (χ0v) is 28.7. The third-order valence-corrected chi connectivity index (χ3v) is 9.27. The Morgan fingerprint density at radius 2 is 1.71 bits per heavy atom. The zero-order chi connectivity index (χ0) is 32.8. The van der Waals surface area contributed by atoms with E-state index in [2.05, 4.69) is 22.5 Å². The van der Waals surface area contributed by atoms with Gasteiger partial charge in [0.1, 0.15) is 12.1 Å². The maximum Gasteiger partial charge on any atom is 0.246 e. The number of carbonyl (C=O) groups excluding carboxylic acids is 3. The average Bonchev–Trinajstić information content (AvgIpc) is 3.62. The molecule has 2 aromatic rings. The van der Waals surface area contributed by atoms with E-state index in [1.54, 1.807) is 11.3 Å². The van der Waals surface area contributed by atoms with E-state index < -0.39 is 23.6 Å². The molecule has 3 atom stereocenters. The summed E-state index contributed by atoms with van der Waals surface area (Å²) in [6.45, 7) is 11.7. The Hall–Kier alpha value is -2.82. The first kappa shape index (κ1) is 36.6. The SMILES string of the molecule is CCCCCCCOCCCCCC(=O)N[C@H](C(=O)N1C[C@H](O)C[C@H]1C(=O)NCc1ccc(-c2scnc2C)cc1)C(C)(C)C. The van der Waals surface area contributed by atoms with Crippen molar-refractivity contribution in [2.75, 3.05) is 19.8 Å². The van der Waals surface area contributed by atoms with Gasteiger partial charge in [0.15, 0.2) is 0 Å². The van der Waals surface area contributed by atoms with Crippen molar-refractivity contribution in [1.29, 1.82) is 0 Å². The van der Waals surface area contributed by atoms with Crippen LogP contribution in [0.4, 0.5) is 0 Å². The Kier molecular flexibility index (Phi) is 14.9. The first-order valence-electron chi connectivity index (χ1n) is 16.6. The predicted molar refractivity (Wildman–Crippen MR) is 180 cm³/mol. The van der Waals surface area contributed by atoms with Gasteiger partial charge in [0.05, 0.1) is 22.2 Å². The highest BCUT2D eigenvalue weighted by molar-refractivity contribution is 7.13. The van der Waals surface area contributed by atoms with Crippen molar-refractivity contribution >= 4 is 29.1 Å². The lowest BCUT2D eigenvalue weighted by molar-refractivity contribution is -0.144. The molecule has 3 amide bonds. The number of hydrogen-bond acceptors (Lipinski definition) is 7. The number of amides is 3. The molecule has 1 aliphatic rings. The molecule has 1 aromatic heterocycles. The van der Waals surface area contributed by atoms with E-state index in [1.165, 1.54) is 30.6 Å². The summed E-state index contributed by atoms with van der Waals surface area (Å²) in [4.78, 5) is 46.8. The average molecular weight is 643 g/mol. The molecule has 250 valence electrons. The number of carbonyl (C=O) groups is 3. The van der Waals surface area contributed by atoms with Crippen LogP contribution in [0.25, 0.3) is 10.4 Å². The van der Waals surface area contributed by atoms with Crippen LogP contribution in [0.1, 0.15) is 103 Å². The number of rotatable bonds is 18. The number of nitrogens with one attached hydrogen (secondary N) is 2. The van der Waals surface area contributed by atoms with E-state index in [0.29, 0.717) is 19.6 Å². The lowest BCUT2D eigenvalue weighted by atomic mass is 9.85. The van der Waals surface area contributed by atoms with Gasteiger partial charge in [-0.3, -0.25) is 14.4 Å². The molecule has 1 saturated heterocycles. The molecule has 1 fully saturated rings. The predicted octanol–water partition coefficient (Wildman–Crippen LogP) is 5.77. The standard InChI is InChI=1S/C35H54N4O5S/c1-6-7-8-9-12-19-44-20-13-10-11-14-30(41)38-32(35(3,4)5)34(43)39-23-28(40)21-29(39)33(42)36-22-26-15-17-27(18-16-26)31-25(2)37-24-45-31/h15-18,24,28-29,32,40H,6-14,19-23H2,1-5H3,(H,36,42)(H,38,41)/t28-,29+,32-/m1/s1. The molecule has 1 aromatic carbocycles. The van der Waals surface area contributed by atoms with Crippen molar-refractivity contribution in [2.24, 2.45) is 5.41 Å². The van der Waals surface area contributed by atoms with Crippen molar-refractivity contribution < 1.29 is 24.2 Å². The number of thiazole rings is 1. The van der Waals surface area contributed by atoms with Crippen LogP contribution < -0.4 is 10.6 Å². The van der Waals surface area contributed by atoms with Crippen LogP contribution in [0.2, 0.25) is 0 Å². The quantitative estimate of drug-likeness (QED) is 0.178. The third-order valence-electron chi connectivity index (χ3n) is 8.30. The number of aliphatic hydroxyl groups is 1. The number of unbranched alkanes of at least 4 members (excludes halogenated alkanes) is 6. The van der Waals surface area contributed by atoms with Crippen molar-refractivity contribution in [1.82, 2.24) is 20.5 Å². The fourth-order valence-electron chi connectivity index (χ4n) is 5.59. The Labute approximate surface area is 273 Å². The summed E-state index contributed by atoms with van der Waals surface area (Å²) in [7, 11) is 0. The molecule has 0 spiro atoms. The molecule has 1 aliphatic heterocycles. The highest BCUT2D eigenvalue weighted by Gasteiger charge is 2.44. The molecule has 2 heterocycles. The molecule has 0 aliphatic carbocycles. The van der Waals surface area contributed by atoms with Gasteiger partial charge in [0, 0.05) is 39.1 Å². The first-order chi connectivity index (χ1) is 21.5. The van der Waals surface area contributed by atoms with Crippen molar-refractivity contribution in [3.63, 3.8) is 0 Å². The lowest BCUT2D eigenvalue weighted by Gasteiger charge is -2.35. The van der Waals surface area contributed by atoms with Crippen LogP contribution in [-0.4, -0.2) is 70.7 Å². The van der Waals surface area contributed by atoms with E-state index in [0.717, 1.165) is 54.0 Å². The van der Waals surface area contributed by atoms with Crippen LogP contribution in [0, 0.1) is 12.3 Å². The molecule has 3 N–H and O–H groups in total. The second-order valence-electron chi connectivity index (χ2n) is 13.3. The van der Waals surface area contributed by atoms with Crippen LogP contribution in [0.5, 0.6) is 0 Å². The van der Waals surface area contributed by atoms with Crippen molar-refractivity contribution in [2.45, 2.75) is 124 Å². The third kappa shape index (κ3) is 11.8. The van der Waals surface area contributed by atoms with E-state index in [-0.39, 0.29) is 30.7 Å². The minimum Gasteiger partial charge on any atom is -0.391 e. The van der Waals surface area contributed by atoms with Crippen molar-refractivity contribution in [3.05, 3.63) is 41.0 Å². The molecule has 0 saturated carbocycles. The van der Waals surface area contributed by atoms with Crippen LogP contribution in [0.15, 0.2) is 29.8 Å². The number of hydrogen-bond donors (Lipinski definition) is 3. The Bertz CT molecular complexity index is 1210. The van der Waals surface area contributed by atoms with Gasteiger partial charge < -0.3 is 25.4 Å². The van der Waals surface area contributed by atoms with E-state index in [9.17, 15) is 19.5 Å². The van der Waals surface area contributed by atoms with Gasteiger partial charge >= 0.3 is 0 Å². The maximum absolute atomic E-state index is 13.8. The van der Waals surface area contributed by atoms with E-state index >= 15 is 0 Å². The van der Waals surface area contributed by atoms with Gasteiger partial charge in [-0.1, -0.05) is 84.1 Å². The molecule has 45 heavy (non-hydrogen) atoms. The Morgan fingerprint density at radius 3 is 2.33 bits per heavy atom. The van der Waals surface area contributed by atoms with Gasteiger partial charge in [-0.15, -0.1) is 11.3 Å². The summed E-state index contributed by atoms with van der Waals surface area (Å²) in [5.74, 6) is -0.841. The summed E-state index contributed by atoms with van der Waals surface area (Å²) >= 11 is 1.59. The number of likely N-dealkylation sites (tertiary alicyclic amines) is 1. The Morgan fingerprint density at radius 1 is 1.04 bits per heavy atom. The Balaban J connectivity index is 1.47. The molecule has 10 heteroatoms. The normalized spacial score (nSPS) is 17.3. The smallest absolute Gasteiger partial charge is 0.246 e. The summed E-state index contributed by atoms with van der Waals surface area (Å²) in [5.41, 5.74) is 4.24. The number of aliphatic hydroxyl groups excluding tert-OH is 1. The molecule has 0 radical (unpaired) electrons. The van der Waals surface area contributed by atoms with Gasteiger partial charge in [0.25, 0.3) is 0 Å². The number of nitrogens with zero attached hydrogens (tertiary/aromatic N) is 2. The lowest BCUT2D eigenvalue weighted by Crippen LogP contribution is -2.57. The second-order valence-corrected chi connectivity index (χ2v) is 14.1. The summed E-state index contributed by atoms with van der Waals surface area (Å²) in [5, 5.41) is 16.3. The molecular weight excluding hydrogens is 588 g/mol. The summed E-state index contributed by atoms with van der Waals surface area (Å²) in [6.07, 6.45) is 8.29. The molecule has 9 nitrogen and oxygen atoms in total. The highest BCUT2D eigenvalue weighted by atomic mass is 32.1. The summed E-state index contributed by atoms with van der Waals surface area (Å²) in [6, 6.07) is 6.34. The number of ether oxygens (including phenoxy) is 1. The maximum atomic E-state index is 13.8. The van der Waals surface area contributed by atoms with E-state index in [1.807, 2.05) is 57.5 Å². The highest BCUT2D eigenvalue weighted by Crippen LogP contribution is 2.28. The van der Waals surface area contributed by atoms with Crippen LogP contribution in [-0.2, 0) is 25.7 Å². The molecule has 0 bridgehead atoms. The van der Waals surface area contributed by atoms with Gasteiger partial charge in [-0.05, 0) is 42.7 Å². The fraction of sp³-hybridized carbons (Fsp3) is 0.657. The van der Waals surface area contributed by atoms with Crippen LogP contribution >= 0.6 is 11.3 Å². The minimum absolute atomic E-state index is 0.0564. The van der Waals surface area contributed by atoms with Gasteiger partial charge in [-0.25, -0.2) is 4.98 Å². The van der Waals surface area contributed by atoms with Crippen molar-refractivity contribution in [3.8, 4) is 10.4 Å². The minimum atomic E-state index is -0.815. The zero-order valence-electron chi connectivity index (χ0n) is 27.9. The number of aryl methyl sites for hydroxylation is 1. The number of β-amino-alcohol motifs (C(OH)–C–C–N with tert-alkyl or cyclic N) is 1. The summed E-state index contributed by atoms with van der Waals surface area (Å²) < 4.78 is 5.72. The van der Waals surface area contributed by atoms with E-state index in [4.69, 9.17) is 4.74 Å². The fourth-order valence-corrected chi connectivity index (χ4v) is 6.40. The largest absolute Gasteiger partial charge is 0.391 e. The number of aromatic nitrogens is 1. The van der Waals surface area contributed by atoms with Gasteiger partial charge in [0.2, 0.25) is 17.7 Å². The second kappa shape index (κ2) is 18.4. The monoisotopic (exact) mass is 642 g/mol. The number of benzene rings is 1. The topological polar surface area (TPSA) is 121 Å². The molecule has 3 rings (SSSR count). The first-order valence-corrected chi connectivity index (χ1v) is 17.5. The van der Waals surface area contributed by atoms with Gasteiger partial charge in [-0.2, -0.15) is 0 Å². The molecule has 0 unspecified atom stereocenters. The molecular formula is C35H54N4O5S. The van der Waals surface area contributed by atoms with Crippen LogP contribution in [0.3, 0.4) is 0 Å².